The Kier molecular flexibility index (Phi) is 3.46. The lowest BCUT2D eigenvalue weighted by Crippen LogP contribution is -2.29. The smallest absolute Gasteiger partial charge is 0.275 e. The zero-order chi connectivity index (χ0) is 16.8. The SMILES string of the molecule is O=[N+]([O-])c1ccc(O)c2c1C1C=CCC1C(c1ccc(Cl)cc1)N2. The summed E-state index contributed by atoms with van der Waals surface area (Å²) in [6, 6.07) is 10.3. The molecule has 2 N–H and O–H groups in total. The van der Waals surface area contributed by atoms with Gasteiger partial charge >= 0.3 is 0 Å². The van der Waals surface area contributed by atoms with Crippen LogP contribution in [0.1, 0.15) is 29.5 Å². The van der Waals surface area contributed by atoms with Crippen LogP contribution >= 0.6 is 11.6 Å². The van der Waals surface area contributed by atoms with E-state index in [2.05, 4.69) is 11.4 Å². The molecule has 122 valence electrons. The predicted octanol–water partition coefficient (Wildman–Crippen LogP) is 4.78. The fourth-order valence-electron chi connectivity index (χ4n) is 3.83. The topological polar surface area (TPSA) is 75.4 Å². The van der Waals surface area contributed by atoms with Crippen molar-refractivity contribution < 1.29 is 10.0 Å². The van der Waals surface area contributed by atoms with Crippen LogP contribution in [0.15, 0.2) is 48.6 Å². The first-order valence-corrected chi connectivity index (χ1v) is 8.13. The molecule has 5 nitrogen and oxygen atoms in total. The number of phenols is 1. The number of hydrogen-bond donors (Lipinski definition) is 2. The fourth-order valence-corrected chi connectivity index (χ4v) is 3.96. The van der Waals surface area contributed by atoms with Gasteiger partial charge in [-0.15, -0.1) is 0 Å². The Morgan fingerprint density at radius 2 is 1.96 bits per heavy atom. The molecular weight excluding hydrogens is 328 g/mol. The van der Waals surface area contributed by atoms with Gasteiger partial charge in [-0.05, 0) is 36.1 Å². The molecular formula is C18H15ClN2O3. The van der Waals surface area contributed by atoms with Crippen molar-refractivity contribution >= 4 is 23.0 Å². The zero-order valence-corrected chi connectivity index (χ0v) is 13.4. The maximum absolute atomic E-state index is 11.4. The van der Waals surface area contributed by atoms with Crippen molar-refractivity contribution in [3.63, 3.8) is 0 Å². The van der Waals surface area contributed by atoms with Crippen molar-refractivity contribution in [3.05, 3.63) is 74.8 Å². The minimum atomic E-state index is -0.383. The van der Waals surface area contributed by atoms with Crippen LogP contribution in [-0.2, 0) is 0 Å². The van der Waals surface area contributed by atoms with E-state index < -0.39 is 0 Å². The molecule has 0 amide bonds. The lowest BCUT2D eigenvalue weighted by atomic mass is 9.76. The Morgan fingerprint density at radius 3 is 2.67 bits per heavy atom. The molecule has 0 saturated carbocycles. The minimum Gasteiger partial charge on any atom is -0.506 e. The molecule has 6 heteroatoms. The first-order valence-electron chi connectivity index (χ1n) is 7.75. The van der Waals surface area contributed by atoms with Gasteiger partial charge in [0.2, 0.25) is 0 Å². The van der Waals surface area contributed by atoms with Crippen LogP contribution in [0, 0.1) is 16.0 Å². The maximum atomic E-state index is 11.4. The summed E-state index contributed by atoms with van der Waals surface area (Å²) in [7, 11) is 0. The minimum absolute atomic E-state index is 0.0355. The van der Waals surface area contributed by atoms with Crippen molar-refractivity contribution in [1.82, 2.24) is 0 Å². The molecule has 0 aromatic heterocycles. The Bertz CT molecular complexity index is 848. The summed E-state index contributed by atoms with van der Waals surface area (Å²) in [5.41, 5.74) is 2.13. The van der Waals surface area contributed by atoms with Gasteiger partial charge in [-0.25, -0.2) is 0 Å². The molecule has 24 heavy (non-hydrogen) atoms. The molecule has 0 bridgehead atoms. The normalized spacial score (nSPS) is 24.1. The standard InChI is InChI=1S/C18H15ClN2O3/c19-11-6-4-10(5-7-11)17-13-3-1-2-12(13)16-14(21(23)24)8-9-15(22)18(16)20-17/h1-2,4-9,12-13,17,20,22H,3H2. The van der Waals surface area contributed by atoms with Crippen molar-refractivity contribution in [2.75, 3.05) is 5.32 Å². The first-order chi connectivity index (χ1) is 11.6. The average molecular weight is 343 g/mol. The van der Waals surface area contributed by atoms with E-state index in [1.807, 2.05) is 30.3 Å². The number of anilines is 1. The molecule has 1 heterocycles. The zero-order valence-electron chi connectivity index (χ0n) is 12.6. The second-order valence-corrected chi connectivity index (χ2v) is 6.61. The number of rotatable bonds is 2. The highest BCUT2D eigenvalue weighted by molar-refractivity contribution is 6.30. The molecule has 2 aliphatic rings. The van der Waals surface area contributed by atoms with E-state index >= 15 is 0 Å². The van der Waals surface area contributed by atoms with Gasteiger partial charge in [0.25, 0.3) is 5.69 Å². The number of hydrogen-bond acceptors (Lipinski definition) is 4. The number of halogens is 1. The Hall–Kier alpha value is -2.53. The maximum Gasteiger partial charge on any atom is 0.275 e. The first kappa shape index (κ1) is 15.0. The van der Waals surface area contributed by atoms with Gasteiger partial charge in [0.1, 0.15) is 5.75 Å². The molecule has 3 unspecified atom stereocenters. The summed E-state index contributed by atoms with van der Waals surface area (Å²) >= 11 is 5.98. The van der Waals surface area contributed by atoms with Gasteiger partial charge in [0.15, 0.2) is 0 Å². The summed E-state index contributed by atoms with van der Waals surface area (Å²) in [5, 5.41) is 25.7. The summed E-state index contributed by atoms with van der Waals surface area (Å²) in [6.07, 6.45) is 4.90. The second-order valence-electron chi connectivity index (χ2n) is 6.18. The lowest BCUT2D eigenvalue weighted by molar-refractivity contribution is -0.385. The van der Waals surface area contributed by atoms with Crippen LogP contribution in [-0.4, -0.2) is 10.0 Å². The highest BCUT2D eigenvalue weighted by atomic mass is 35.5. The highest BCUT2D eigenvalue weighted by Gasteiger charge is 2.42. The fraction of sp³-hybridized carbons (Fsp3) is 0.222. The van der Waals surface area contributed by atoms with Gasteiger partial charge in [0, 0.05) is 17.0 Å². The van der Waals surface area contributed by atoms with Gasteiger partial charge < -0.3 is 10.4 Å². The van der Waals surface area contributed by atoms with Crippen LogP contribution in [0.2, 0.25) is 5.02 Å². The van der Waals surface area contributed by atoms with Crippen LogP contribution in [0.3, 0.4) is 0 Å². The van der Waals surface area contributed by atoms with Crippen LogP contribution in [0.4, 0.5) is 11.4 Å². The Balaban J connectivity index is 1.86. The number of nitro benzene ring substituents is 1. The van der Waals surface area contributed by atoms with Crippen molar-refractivity contribution in [2.45, 2.75) is 18.4 Å². The number of allylic oxidation sites excluding steroid dienone is 2. The van der Waals surface area contributed by atoms with Crippen molar-refractivity contribution in [3.8, 4) is 5.75 Å². The summed E-state index contributed by atoms with van der Waals surface area (Å²) < 4.78 is 0. The summed E-state index contributed by atoms with van der Waals surface area (Å²) in [4.78, 5) is 11.0. The molecule has 0 radical (unpaired) electrons. The number of nitrogens with one attached hydrogen (secondary N) is 1. The number of phenolic OH excluding ortho intramolecular Hbond substituents is 1. The van der Waals surface area contributed by atoms with E-state index in [0.717, 1.165) is 12.0 Å². The van der Waals surface area contributed by atoms with E-state index in [1.165, 1.54) is 12.1 Å². The average Bonchev–Trinajstić information content (AvgIpc) is 3.05. The van der Waals surface area contributed by atoms with Gasteiger partial charge in [-0.3, -0.25) is 10.1 Å². The number of nitrogens with zero attached hydrogens (tertiary/aromatic N) is 1. The molecule has 0 spiro atoms. The Morgan fingerprint density at radius 1 is 1.21 bits per heavy atom. The molecule has 0 saturated heterocycles. The number of aromatic hydroxyl groups is 1. The third kappa shape index (κ3) is 2.24. The summed E-state index contributed by atoms with van der Waals surface area (Å²) in [6.45, 7) is 0. The molecule has 4 rings (SSSR count). The molecule has 3 atom stereocenters. The number of fused-ring (bicyclic) bond motifs is 3. The summed E-state index contributed by atoms with van der Waals surface area (Å²) in [5.74, 6) is 0.113. The van der Waals surface area contributed by atoms with Gasteiger partial charge in [0.05, 0.1) is 22.2 Å². The molecule has 2 aromatic carbocycles. The van der Waals surface area contributed by atoms with E-state index in [9.17, 15) is 15.2 Å². The third-order valence-corrected chi connectivity index (χ3v) is 5.15. The van der Waals surface area contributed by atoms with E-state index in [-0.39, 0.29) is 34.2 Å². The lowest BCUT2D eigenvalue weighted by Gasteiger charge is -2.37. The number of benzene rings is 2. The van der Waals surface area contributed by atoms with Crippen LogP contribution in [0.5, 0.6) is 5.75 Å². The quantitative estimate of drug-likeness (QED) is 0.356. The highest BCUT2D eigenvalue weighted by Crippen LogP contribution is 2.54. The number of nitro groups is 1. The van der Waals surface area contributed by atoms with Crippen LogP contribution < -0.4 is 5.32 Å². The Labute approximate surface area is 143 Å². The van der Waals surface area contributed by atoms with E-state index in [4.69, 9.17) is 11.6 Å². The largest absolute Gasteiger partial charge is 0.506 e. The third-order valence-electron chi connectivity index (χ3n) is 4.90. The van der Waals surface area contributed by atoms with Crippen LogP contribution in [0.25, 0.3) is 0 Å². The molecule has 2 aromatic rings. The molecule has 1 aliphatic carbocycles. The van der Waals surface area contributed by atoms with Gasteiger partial charge in [-0.1, -0.05) is 35.9 Å². The van der Waals surface area contributed by atoms with E-state index in [1.54, 1.807) is 0 Å². The monoisotopic (exact) mass is 342 g/mol. The second kappa shape index (κ2) is 5.53. The van der Waals surface area contributed by atoms with Crippen molar-refractivity contribution in [1.29, 1.82) is 0 Å². The van der Waals surface area contributed by atoms with E-state index in [0.29, 0.717) is 16.3 Å². The van der Waals surface area contributed by atoms with Gasteiger partial charge in [-0.2, -0.15) is 0 Å². The predicted molar refractivity (Wildman–Crippen MR) is 92.6 cm³/mol. The molecule has 1 aliphatic heterocycles. The van der Waals surface area contributed by atoms with Crippen molar-refractivity contribution in [2.24, 2.45) is 5.92 Å². The molecule has 0 fully saturated rings.